The van der Waals surface area contributed by atoms with E-state index in [9.17, 15) is 9.59 Å². The summed E-state index contributed by atoms with van der Waals surface area (Å²) < 4.78 is 15.1. The summed E-state index contributed by atoms with van der Waals surface area (Å²) >= 11 is 7.28. The Morgan fingerprint density at radius 3 is 2.06 bits per heavy atom. The minimum atomic E-state index is -0.516. The normalized spacial score (nSPS) is 11.8. The Balaban J connectivity index is 1.37. The van der Waals surface area contributed by atoms with Crippen molar-refractivity contribution in [3.05, 3.63) is 49.1 Å². The topological polar surface area (TPSA) is 73.9 Å². The van der Waals surface area contributed by atoms with Gasteiger partial charge in [0.05, 0.1) is 13.2 Å². The lowest BCUT2D eigenvalue weighted by Crippen LogP contribution is -2.28. The monoisotopic (exact) mass is 551 g/mol. The Kier molecular flexibility index (Phi) is 12.3. The second-order valence-corrected chi connectivity index (χ2v) is 11.8. The number of fused-ring (bicyclic) bond motifs is 2. The number of carbonyl (C=O) groups excluding carboxylic acids is 2. The molecule has 188 valence electrons. The zero-order chi connectivity index (χ0) is 24.9. The van der Waals surface area contributed by atoms with Gasteiger partial charge in [-0.05, 0) is 49.2 Å². The average molecular weight is 552 g/mol. The summed E-state index contributed by atoms with van der Waals surface area (Å²) in [4.78, 5) is 30.2. The van der Waals surface area contributed by atoms with Crippen LogP contribution in [0.25, 0.3) is 0 Å². The molecule has 0 saturated carbocycles. The van der Waals surface area contributed by atoms with Crippen molar-refractivity contribution in [2.45, 2.75) is 42.2 Å². The summed E-state index contributed by atoms with van der Waals surface area (Å²) in [7, 11) is 1.74. The van der Waals surface area contributed by atoms with Gasteiger partial charge in [0, 0.05) is 60.7 Å². The molecular weight excluding hydrogens is 523 g/mol. The maximum atomic E-state index is 11.6. The number of ether oxygens (including phenoxy) is 3. The Bertz CT molecular complexity index is 1020. The molecule has 1 amide bonds. The number of alkyl carbamates (subject to hydrolysis) is 1. The van der Waals surface area contributed by atoms with Crippen molar-refractivity contribution < 1.29 is 23.8 Å². The highest BCUT2D eigenvalue weighted by Crippen LogP contribution is 2.50. The molecule has 1 aliphatic rings. The average Bonchev–Trinajstić information content (AvgIpc) is 2.87. The third-order valence-electron chi connectivity index (χ3n) is 4.60. The summed E-state index contributed by atoms with van der Waals surface area (Å²) in [5, 5.41) is 2.54. The van der Waals surface area contributed by atoms with Gasteiger partial charge in [0.1, 0.15) is 6.61 Å². The highest BCUT2D eigenvalue weighted by atomic mass is 32.2. The quantitative estimate of drug-likeness (QED) is 0.106. The van der Waals surface area contributed by atoms with E-state index in [1.807, 2.05) is 35.3 Å². The SMILES string of the molecule is C=CC(=O)OCCNC(=O)OCCCSc1ccc2c(c1)Sc1ccc(SCCCOC)cc1S2. The molecule has 1 aliphatic heterocycles. The number of hydrogen-bond donors (Lipinski definition) is 1. The summed E-state index contributed by atoms with van der Waals surface area (Å²) in [6, 6.07) is 13.3. The molecule has 1 N–H and O–H groups in total. The van der Waals surface area contributed by atoms with Crippen LogP contribution in [0.5, 0.6) is 0 Å². The van der Waals surface area contributed by atoms with Crippen LogP contribution in [0.1, 0.15) is 12.8 Å². The molecule has 10 heteroatoms. The maximum absolute atomic E-state index is 11.6. The molecule has 0 radical (unpaired) electrons. The van der Waals surface area contributed by atoms with E-state index in [2.05, 4.69) is 48.3 Å². The van der Waals surface area contributed by atoms with Crippen LogP contribution in [0.4, 0.5) is 4.79 Å². The Morgan fingerprint density at radius 1 is 0.886 bits per heavy atom. The Morgan fingerprint density at radius 2 is 1.49 bits per heavy atom. The predicted molar refractivity (Wildman–Crippen MR) is 144 cm³/mol. The molecule has 2 aromatic rings. The van der Waals surface area contributed by atoms with E-state index in [4.69, 9.17) is 14.2 Å². The number of nitrogens with one attached hydrogen (secondary N) is 1. The maximum Gasteiger partial charge on any atom is 0.407 e. The molecule has 3 rings (SSSR count). The van der Waals surface area contributed by atoms with Crippen LogP contribution in [0, 0.1) is 0 Å². The molecule has 0 fully saturated rings. The van der Waals surface area contributed by atoms with Gasteiger partial charge in [-0.2, -0.15) is 0 Å². The predicted octanol–water partition coefficient (Wildman–Crippen LogP) is 6.37. The number of thioether (sulfide) groups is 2. The van der Waals surface area contributed by atoms with Crippen LogP contribution in [-0.2, 0) is 19.0 Å². The molecular formula is C25H29NO5S4. The highest BCUT2D eigenvalue weighted by molar-refractivity contribution is 8.05. The molecule has 0 unspecified atom stereocenters. The van der Waals surface area contributed by atoms with Crippen LogP contribution in [-0.4, -0.2) is 57.0 Å². The smallest absolute Gasteiger partial charge is 0.407 e. The second kappa shape index (κ2) is 15.4. The fourth-order valence-electron chi connectivity index (χ4n) is 2.94. The minimum Gasteiger partial charge on any atom is -0.461 e. The lowest BCUT2D eigenvalue weighted by Gasteiger charge is -2.19. The number of amides is 1. The first-order valence-electron chi connectivity index (χ1n) is 11.2. The fourth-order valence-corrected chi connectivity index (χ4v) is 7.09. The van der Waals surface area contributed by atoms with Crippen molar-refractivity contribution in [3.63, 3.8) is 0 Å². The van der Waals surface area contributed by atoms with Gasteiger partial charge in [-0.25, -0.2) is 9.59 Å². The third-order valence-corrected chi connectivity index (χ3v) is 9.29. The van der Waals surface area contributed by atoms with E-state index < -0.39 is 12.1 Å². The van der Waals surface area contributed by atoms with E-state index in [1.54, 1.807) is 18.9 Å². The van der Waals surface area contributed by atoms with Crippen molar-refractivity contribution in [1.29, 1.82) is 0 Å². The number of benzene rings is 2. The summed E-state index contributed by atoms with van der Waals surface area (Å²) in [6.45, 7) is 4.73. The van der Waals surface area contributed by atoms with Gasteiger partial charge < -0.3 is 19.5 Å². The van der Waals surface area contributed by atoms with Gasteiger partial charge in [-0.1, -0.05) is 30.1 Å². The summed E-state index contributed by atoms with van der Waals surface area (Å²) in [5.74, 6) is 1.39. The van der Waals surface area contributed by atoms with E-state index in [1.165, 1.54) is 29.4 Å². The van der Waals surface area contributed by atoms with E-state index in [0.717, 1.165) is 37.0 Å². The molecule has 0 spiro atoms. The minimum absolute atomic E-state index is 0.0872. The van der Waals surface area contributed by atoms with E-state index >= 15 is 0 Å². The molecule has 0 aliphatic carbocycles. The van der Waals surface area contributed by atoms with Crippen molar-refractivity contribution >= 4 is 59.1 Å². The van der Waals surface area contributed by atoms with Crippen molar-refractivity contribution in [2.75, 3.05) is 45.0 Å². The molecule has 0 saturated heterocycles. The Labute approximate surface area is 223 Å². The zero-order valence-corrected chi connectivity index (χ0v) is 22.8. The number of rotatable bonds is 14. The lowest BCUT2D eigenvalue weighted by atomic mass is 10.3. The van der Waals surface area contributed by atoms with Gasteiger partial charge in [0.15, 0.2) is 0 Å². The first-order valence-corrected chi connectivity index (χ1v) is 14.8. The van der Waals surface area contributed by atoms with Gasteiger partial charge in [-0.3, -0.25) is 0 Å². The molecule has 0 atom stereocenters. The molecule has 1 heterocycles. The van der Waals surface area contributed by atoms with Crippen LogP contribution in [0.15, 0.2) is 78.4 Å². The third kappa shape index (κ3) is 9.69. The van der Waals surface area contributed by atoms with Gasteiger partial charge >= 0.3 is 12.1 Å². The van der Waals surface area contributed by atoms with E-state index in [-0.39, 0.29) is 13.2 Å². The van der Waals surface area contributed by atoms with E-state index in [0.29, 0.717) is 6.61 Å². The molecule has 0 aromatic heterocycles. The summed E-state index contributed by atoms with van der Waals surface area (Å²) in [5.41, 5.74) is 0. The summed E-state index contributed by atoms with van der Waals surface area (Å²) in [6.07, 6.45) is 2.37. The molecule has 2 aromatic carbocycles. The van der Waals surface area contributed by atoms with Crippen LogP contribution >= 0.6 is 47.0 Å². The fraction of sp³-hybridized carbons (Fsp3) is 0.360. The second-order valence-electron chi connectivity index (χ2n) is 7.25. The molecule has 35 heavy (non-hydrogen) atoms. The van der Waals surface area contributed by atoms with Crippen LogP contribution in [0.3, 0.4) is 0 Å². The molecule has 6 nitrogen and oxygen atoms in total. The van der Waals surface area contributed by atoms with Crippen LogP contribution in [0.2, 0.25) is 0 Å². The number of hydrogen-bond acceptors (Lipinski definition) is 9. The van der Waals surface area contributed by atoms with Crippen LogP contribution < -0.4 is 5.32 Å². The van der Waals surface area contributed by atoms with Crippen molar-refractivity contribution in [2.24, 2.45) is 0 Å². The van der Waals surface area contributed by atoms with Gasteiger partial charge in [0.2, 0.25) is 0 Å². The van der Waals surface area contributed by atoms with Gasteiger partial charge in [0.25, 0.3) is 0 Å². The number of methoxy groups -OCH3 is 1. The number of carbonyl (C=O) groups is 2. The largest absolute Gasteiger partial charge is 0.461 e. The van der Waals surface area contributed by atoms with Crippen molar-refractivity contribution in [1.82, 2.24) is 5.32 Å². The highest BCUT2D eigenvalue weighted by Gasteiger charge is 2.18. The first kappa shape index (κ1) is 27.9. The van der Waals surface area contributed by atoms with Gasteiger partial charge in [-0.15, -0.1) is 23.5 Å². The van der Waals surface area contributed by atoms with Crippen molar-refractivity contribution in [3.8, 4) is 0 Å². The Hall–Kier alpha value is -1.72. The number of esters is 1. The lowest BCUT2D eigenvalue weighted by molar-refractivity contribution is -0.137. The first-order chi connectivity index (χ1) is 17.1. The molecule has 0 bridgehead atoms. The standard InChI is InChI=1S/C25H29NO5S4/c1-3-24(27)30-13-10-26-25(28)31-12-5-15-33-19-7-9-21-23(17-19)35-20-8-6-18(16-22(20)34-21)32-14-4-11-29-2/h3,6-9,16-17H,1,4-5,10-15H2,2H3,(H,26,28). The zero-order valence-electron chi connectivity index (χ0n) is 19.6.